The van der Waals surface area contributed by atoms with Gasteiger partial charge in [-0.2, -0.15) is 0 Å². The van der Waals surface area contributed by atoms with Crippen LogP contribution >= 0.6 is 0 Å². The van der Waals surface area contributed by atoms with Crippen LogP contribution in [-0.4, -0.2) is 120 Å². The smallest absolute Gasteiger partial charge is 0.330 e. The topological polar surface area (TPSA) is 189 Å². The first-order valence-corrected chi connectivity index (χ1v) is 31.2. The van der Waals surface area contributed by atoms with Crippen molar-refractivity contribution in [2.75, 3.05) is 26.7 Å². The number of carboxylic acids is 2. The van der Waals surface area contributed by atoms with Crippen LogP contribution in [0.3, 0.4) is 0 Å². The second kappa shape index (κ2) is 28.0. The standard InChI is InChI=1S/C25H25F3N2O3.2C24H23F3N2O3/c1-14-9-17-16(6-7-21-18(17)12-29-33-21)24(30(14)13-25(2,3)28)23-19(26)10-15(11-20(23)27)5-8-22(31)32-4;1-13-8-16-15(5-6-20-17(16)11-28-32-20)23(29(13)12-24(2,3)27)22-18(25)9-14(10-19(22)26)4-7-21(30)31;1-13-6-15-10-20-16(11-28-32-20)9-17(15)23(29(13)12-24(2,3)27)22-18(25)7-14(8-19(22)26)4-5-21(30)31/h5-8,10-12,14,24H,9,13H2,1-4H3;4-7,9-11,13,23H,8,12H2,1-3H3,(H,30,31);4-5,7-11,13,23H,6,12H2,1-3H3,(H,30,31)/b8-5+;7-4+;5-4+. The molecule has 6 unspecified atom stereocenters. The number of halogens is 9. The van der Waals surface area contributed by atoms with E-state index in [-0.39, 0.29) is 71.1 Å². The van der Waals surface area contributed by atoms with E-state index in [9.17, 15) is 27.6 Å². The summed E-state index contributed by atoms with van der Waals surface area (Å²) in [5.74, 6) is -7.95. The van der Waals surface area contributed by atoms with Gasteiger partial charge in [0.25, 0.3) is 0 Å². The van der Waals surface area contributed by atoms with E-state index in [0.717, 1.165) is 94.2 Å². The summed E-state index contributed by atoms with van der Waals surface area (Å²) < 4.78 is 157. The molecule has 0 saturated carbocycles. The Morgan fingerprint density at radius 1 is 0.495 bits per heavy atom. The summed E-state index contributed by atoms with van der Waals surface area (Å²) in [7, 11) is 1.21. The molecule has 0 bridgehead atoms. The van der Waals surface area contributed by atoms with E-state index in [0.29, 0.717) is 58.1 Å². The van der Waals surface area contributed by atoms with Crippen LogP contribution in [-0.2, 0) is 38.4 Å². The third kappa shape index (κ3) is 15.7. The van der Waals surface area contributed by atoms with Crippen molar-refractivity contribution in [2.45, 2.75) is 135 Å². The number of aromatic nitrogens is 3. The van der Waals surface area contributed by atoms with Crippen molar-refractivity contribution >= 4 is 69.0 Å². The predicted molar refractivity (Wildman–Crippen MR) is 346 cm³/mol. The quantitative estimate of drug-likeness (QED) is 0.0560. The average Bonchev–Trinajstić information content (AvgIpc) is 1.73. The molecule has 0 spiro atoms. The van der Waals surface area contributed by atoms with Crippen molar-refractivity contribution in [1.82, 2.24) is 30.2 Å². The SMILES string of the molecule is CC1Cc2c(ccc3oncc23)C(c2c(F)cc(/C=C/C(=O)O)cc2F)N1CC(C)(C)F.CC1Cc2cc3oncc3cc2C(c2c(F)cc(/C=C/C(=O)O)cc2F)N1CC(C)(C)F.COC(=O)/C=C/c1cc(F)c(C2c3ccc4oncc4c3CC(C)N2CC(C)(C)F)c(F)c1. The fraction of sp³-hybridized carbons (Fsp3) is 0.342. The molecular formula is C73H71F9N6O9. The van der Waals surface area contributed by atoms with Crippen LogP contribution < -0.4 is 0 Å². The molecule has 0 radical (unpaired) electrons. The maximum atomic E-state index is 15.4. The molecule has 510 valence electrons. The molecule has 24 heteroatoms. The molecule has 3 aliphatic heterocycles. The molecule has 0 amide bonds. The lowest BCUT2D eigenvalue weighted by Crippen LogP contribution is -2.48. The number of nitrogens with zero attached hydrogens (tertiary/aromatic N) is 6. The molecule has 97 heavy (non-hydrogen) atoms. The largest absolute Gasteiger partial charge is 0.478 e. The molecule has 0 saturated heterocycles. The van der Waals surface area contributed by atoms with Gasteiger partial charge in [0.2, 0.25) is 0 Å². The maximum Gasteiger partial charge on any atom is 0.330 e. The van der Waals surface area contributed by atoms with Gasteiger partial charge in [-0.1, -0.05) is 27.6 Å². The summed E-state index contributed by atoms with van der Waals surface area (Å²) in [4.78, 5) is 38.2. The third-order valence-electron chi connectivity index (χ3n) is 17.3. The maximum absolute atomic E-state index is 15.4. The highest BCUT2D eigenvalue weighted by atomic mass is 19.2. The van der Waals surface area contributed by atoms with Crippen LogP contribution in [0.15, 0.2) is 123 Å². The number of ether oxygens (including phenoxy) is 1. The van der Waals surface area contributed by atoms with Gasteiger partial charge in [-0.05, 0) is 211 Å². The van der Waals surface area contributed by atoms with Crippen LogP contribution in [0.4, 0.5) is 39.5 Å². The summed E-state index contributed by atoms with van der Waals surface area (Å²) in [5, 5.41) is 31.3. The van der Waals surface area contributed by atoms with Crippen molar-refractivity contribution in [3.05, 3.63) is 211 Å². The molecule has 0 aliphatic carbocycles. The second-order valence-corrected chi connectivity index (χ2v) is 26.6. The number of benzene rings is 6. The molecule has 9 aromatic rings. The summed E-state index contributed by atoms with van der Waals surface area (Å²) >= 11 is 0. The molecule has 0 fully saturated rings. The van der Waals surface area contributed by atoms with Gasteiger partial charge in [-0.15, -0.1) is 0 Å². The first-order valence-electron chi connectivity index (χ1n) is 31.2. The average molecular weight is 1350 g/mol. The van der Waals surface area contributed by atoms with Gasteiger partial charge < -0.3 is 28.5 Å². The van der Waals surface area contributed by atoms with Crippen LogP contribution in [0.2, 0.25) is 0 Å². The van der Waals surface area contributed by atoms with Crippen molar-refractivity contribution < 1.29 is 82.4 Å². The Morgan fingerprint density at radius 3 is 1.20 bits per heavy atom. The highest BCUT2D eigenvalue weighted by molar-refractivity contribution is 5.88. The Hall–Kier alpha value is -9.39. The Morgan fingerprint density at radius 2 is 0.835 bits per heavy atom. The Labute approximate surface area is 552 Å². The summed E-state index contributed by atoms with van der Waals surface area (Å²) in [5.41, 5.74) is 1.34. The number of esters is 1. The molecule has 12 rings (SSSR count). The highest BCUT2D eigenvalue weighted by Crippen LogP contribution is 2.47. The molecule has 3 aromatic heterocycles. The number of rotatable bonds is 15. The van der Waals surface area contributed by atoms with E-state index >= 15 is 26.3 Å². The van der Waals surface area contributed by atoms with Crippen molar-refractivity contribution in [3.8, 4) is 0 Å². The van der Waals surface area contributed by atoms with Crippen molar-refractivity contribution in [2.24, 2.45) is 0 Å². The molecule has 6 aromatic carbocycles. The lowest BCUT2D eigenvalue weighted by atomic mass is 9.82. The van der Waals surface area contributed by atoms with Crippen LogP contribution in [0, 0.1) is 34.9 Å². The fourth-order valence-corrected chi connectivity index (χ4v) is 13.4. The van der Waals surface area contributed by atoms with Gasteiger partial charge in [0.05, 0.1) is 43.8 Å². The van der Waals surface area contributed by atoms with Gasteiger partial charge in [0, 0.05) is 88.8 Å². The monoisotopic (exact) mass is 1350 g/mol. The normalized spacial score (nSPS) is 19.5. The Kier molecular flexibility index (Phi) is 20.3. The van der Waals surface area contributed by atoms with E-state index < -0.39 is 87.9 Å². The lowest BCUT2D eigenvalue weighted by Gasteiger charge is -2.44. The van der Waals surface area contributed by atoms with E-state index in [2.05, 4.69) is 20.2 Å². The van der Waals surface area contributed by atoms with Gasteiger partial charge in [-0.25, -0.2) is 53.9 Å². The number of carbonyl (C=O) groups excluding carboxylic acids is 1. The molecule has 3 aliphatic rings. The number of carboxylic acid groups (broad SMARTS) is 2. The number of aliphatic carboxylic acids is 2. The Bertz CT molecular complexity index is 4390. The van der Waals surface area contributed by atoms with E-state index in [4.69, 9.17) is 23.8 Å². The van der Waals surface area contributed by atoms with Gasteiger partial charge in [0.15, 0.2) is 16.7 Å². The highest BCUT2D eigenvalue weighted by Gasteiger charge is 2.44. The minimum Gasteiger partial charge on any atom is -0.478 e. The third-order valence-corrected chi connectivity index (χ3v) is 17.3. The predicted octanol–water partition coefficient (Wildman–Crippen LogP) is 16.0. The number of hydrogen-bond acceptors (Lipinski definition) is 13. The fourth-order valence-electron chi connectivity index (χ4n) is 13.4. The first-order chi connectivity index (χ1) is 45.7. The minimum atomic E-state index is -1.59. The molecule has 15 nitrogen and oxygen atoms in total. The van der Waals surface area contributed by atoms with Crippen LogP contribution in [0.1, 0.15) is 147 Å². The lowest BCUT2D eigenvalue weighted by molar-refractivity contribution is -0.135. The number of carbonyl (C=O) groups is 3. The molecule has 6 atom stereocenters. The second-order valence-electron chi connectivity index (χ2n) is 26.6. The molecular weight excluding hydrogens is 1280 g/mol. The van der Waals surface area contributed by atoms with E-state index in [1.165, 1.54) is 60.9 Å². The summed E-state index contributed by atoms with van der Waals surface area (Å²) in [6, 6.07) is 14.0. The number of hydrogen-bond donors (Lipinski definition) is 2. The minimum absolute atomic E-state index is 0.0111. The van der Waals surface area contributed by atoms with Crippen LogP contribution in [0.25, 0.3) is 51.1 Å². The first kappa shape index (κ1) is 70.4. The summed E-state index contributed by atoms with van der Waals surface area (Å²) in [6.45, 7) is 14.3. The van der Waals surface area contributed by atoms with Crippen molar-refractivity contribution in [3.63, 3.8) is 0 Å². The van der Waals surface area contributed by atoms with Gasteiger partial charge in [-0.3, -0.25) is 14.7 Å². The zero-order valence-electron chi connectivity index (χ0n) is 54.7. The van der Waals surface area contributed by atoms with Crippen LogP contribution in [0.5, 0.6) is 0 Å². The number of fused-ring (bicyclic) bond motifs is 8. The number of methoxy groups -OCH3 is 1. The van der Waals surface area contributed by atoms with E-state index in [1.54, 1.807) is 57.4 Å². The van der Waals surface area contributed by atoms with Gasteiger partial charge in [0.1, 0.15) is 51.9 Å². The Balaban J connectivity index is 0.000000158. The molecule has 6 heterocycles. The number of alkyl halides is 3. The molecule has 2 N–H and O–H groups in total. The van der Waals surface area contributed by atoms with E-state index in [1.807, 2.05) is 26.8 Å². The van der Waals surface area contributed by atoms with Crippen molar-refractivity contribution in [1.29, 1.82) is 0 Å². The zero-order valence-corrected chi connectivity index (χ0v) is 54.7. The zero-order chi connectivity index (χ0) is 70.3. The summed E-state index contributed by atoms with van der Waals surface area (Å²) in [6.07, 6.45) is 12.6. The van der Waals surface area contributed by atoms with Gasteiger partial charge >= 0.3 is 17.9 Å².